The third-order valence-corrected chi connectivity index (χ3v) is 4.98. The Labute approximate surface area is 148 Å². The van der Waals surface area contributed by atoms with E-state index in [0.717, 1.165) is 0 Å². The second-order valence-corrected chi connectivity index (χ2v) is 8.58. The van der Waals surface area contributed by atoms with Crippen molar-refractivity contribution in [2.45, 2.75) is 44.1 Å². The lowest BCUT2D eigenvalue weighted by molar-refractivity contribution is -0.145. The van der Waals surface area contributed by atoms with E-state index in [1.807, 2.05) is 59.5 Å². The van der Waals surface area contributed by atoms with Gasteiger partial charge in [-0.05, 0) is 53.4 Å². The molecule has 0 heterocycles. The highest BCUT2D eigenvalue weighted by Gasteiger charge is 2.27. The van der Waals surface area contributed by atoms with Gasteiger partial charge >= 0.3 is 5.97 Å². The van der Waals surface area contributed by atoms with Crippen LogP contribution in [0.25, 0.3) is 0 Å². The van der Waals surface area contributed by atoms with Gasteiger partial charge in [-0.2, -0.15) is 22.3 Å². The van der Waals surface area contributed by atoms with Gasteiger partial charge in [-0.3, -0.25) is 4.79 Å². The molecule has 0 aromatic rings. The number of thioether (sulfide) groups is 3. The van der Waals surface area contributed by atoms with Crippen LogP contribution in [0.4, 0.5) is 0 Å². The highest BCUT2D eigenvalue weighted by molar-refractivity contribution is 8.00. The van der Waals surface area contributed by atoms with Crippen LogP contribution in [0.1, 0.15) is 34.6 Å². The zero-order valence-electron chi connectivity index (χ0n) is 14.8. The number of carbonyl (C=O) groups excluding carboxylic acids is 1. The Kier molecular flexibility index (Phi) is 18.5. The van der Waals surface area contributed by atoms with Crippen LogP contribution in [0.5, 0.6) is 0 Å². The molecular weight excluding hydrogens is 336 g/mol. The Morgan fingerprint density at radius 3 is 1.73 bits per heavy atom. The first-order chi connectivity index (χ1) is 10.1. The fourth-order valence-corrected chi connectivity index (χ4v) is 0.944. The second kappa shape index (κ2) is 15.4. The fourth-order valence-electron chi connectivity index (χ4n) is 0.498. The first-order valence-electron chi connectivity index (χ1n) is 6.63. The van der Waals surface area contributed by atoms with Crippen LogP contribution < -0.4 is 0 Å². The zero-order valence-corrected chi connectivity index (χ0v) is 17.3. The van der Waals surface area contributed by atoms with E-state index in [4.69, 9.17) is 15.3 Å². The van der Waals surface area contributed by atoms with Crippen molar-refractivity contribution in [2.24, 2.45) is 0 Å². The summed E-state index contributed by atoms with van der Waals surface area (Å²) in [5, 5.41) is 16.1. The van der Waals surface area contributed by atoms with Crippen molar-refractivity contribution in [3.63, 3.8) is 0 Å². The van der Waals surface area contributed by atoms with Gasteiger partial charge in [0.15, 0.2) is 0 Å². The number of ether oxygens (including phenoxy) is 1. The molecule has 0 unspecified atom stereocenters. The van der Waals surface area contributed by atoms with E-state index in [0.29, 0.717) is 12.4 Å². The van der Waals surface area contributed by atoms with Crippen LogP contribution in [0.15, 0.2) is 0 Å². The lowest BCUT2D eigenvalue weighted by Crippen LogP contribution is -2.29. The average molecular weight is 365 g/mol. The molecule has 0 aliphatic heterocycles. The molecular formula is C15H28N2O2S3. The normalized spacial score (nSPS) is 9.91. The van der Waals surface area contributed by atoms with Crippen molar-refractivity contribution in [1.82, 2.24) is 0 Å². The van der Waals surface area contributed by atoms with E-state index in [-0.39, 0.29) is 10.7 Å². The Balaban J connectivity index is -0.000000263. The molecule has 4 nitrogen and oxygen atoms in total. The molecule has 0 saturated heterocycles. The summed E-state index contributed by atoms with van der Waals surface area (Å²) in [6.45, 7) is 9.79. The van der Waals surface area contributed by atoms with Crippen LogP contribution in [0.2, 0.25) is 0 Å². The molecule has 0 aromatic heterocycles. The predicted molar refractivity (Wildman–Crippen MR) is 101 cm³/mol. The van der Waals surface area contributed by atoms with Gasteiger partial charge in [-0.25, -0.2) is 0 Å². The van der Waals surface area contributed by atoms with Crippen molar-refractivity contribution in [3.8, 4) is 12.1 Å². The summed E-state index contributed by atoms with van der Waals surface area (Å²) in [5.74, 6) is 0.475. The molecule has 0 fully saturated rings. The molecule has 0 saturated carbocycles. The Hall–Kier alpha value is -0.500. The minimum Gasteiger partial charge on any atom is -0.465 e. The molecule has 0 bridgehead atoms. The SMILES string of the molecule is CCOC(=O)C(C)(C)SC.CSC(C)(C)C#N.CSCC#N. The molecule has 0 aliphatic carbocycles. The molecule has 0 N–H and O–H groups in total. The molecule has 0 atom stereocenters. The third kappa shape index (κ3) is 17.6. The van der Waals surface area contributed by atoms with Crippen molar-refractivity contribution >= 4 is 41.3 Å². The third-order valence-electron chi connectivity index (χ3n) is 2.27. The summed E-state index contributed by atoms with van der Waals surface area (Å²) in [5.41, 5.74) is 0. The summed E-state index contributed by atoms with van der Waals surface area (Å²) in [4.78, 5) is 11.1. The summed E-state index contributed by atoms with van der Waals surface area (Å²) in [6.07, 6.45) is 5.74. The van der Waals surface area contributed by atoms with Crippen molar-refractivity contribution < 1.29 is 9.53 Å². The summed E-state index contributed by atoms with van der Waals surface area (Å²) >= 11 is 4.61. The first-order valence-corrected chi connectivity index (χ1v) is 10.5. The maximum atomic E-state index is 11.1. The molecule has 0 amide bonds. The lowest BCUT2D eigenvalue weighted by atomic mass is 10.2. The number of esters is 1. The van der Waals surface area contributed by atoms with Crippen LogP contribution in [-0.4, -0.2) is 46.6 Å². The minimum absolute atomic E-state index is 0.137. The summed E-state index contributed by atoms with van der Waals surface area (Å²) in [7, 11) is 0. The number of hydrogen-bond acceptors (Lipinski definition) is 7. The molecule has 0 aliphatic rings. The van der Waals surface area contributed by atoms with Gasteiger partial charge in [0.05, 0.1) is 29.2 Å². The molecule has 128 valence electrons. The Bertz CT molecular complexity index is 372. The van der Waals surface area contributed by atoms with E-state index < -0.39 is 4.75 Å². The highest BCUT2D eigenvalue weighted by Crippen LogP contribution is 2.22. The van der Waals surface area contributed by atoms with E-state index in [1.165, 1.54) is 11.8 Å². The van der Waals surface area contributed by atoms with Crippen LogP contribution in [0.3, 0.4) is 0 Å². The maximum absolute atomic E-state index is 11.1. The number of nitriles is 2. The van der Waals surface area contributed by atoms with Gasteiger partial charge in [0.2, 0.25) is 0 Å². The van der Waals surface area contributed by atoms with E-state index in [9.17, 15) is 4.79 Å². The van der Waals surface area contributed by atoms with Gasteiger partial charge in [-0.15, -0.1) is 23.5 Å². The minimum atomic E-state index is -0.393. The monoisotopic (exact) mass is 364 g/mol. The smallest absolute Gasteiger partial charge is 0.321 e. The van der Waals surface area contributed by atoms with Gasteiger partial charge in [0.25, 0.3) is 0 Å². The highest BCUT2D eigenvalue weighted by atomic mass is 32.2. The number of carbonyl (C=O) groups is 1. The van der Waals surface area contributed by atoms with E-state index >= 15 is 0 Å². The molecule has 0 rings (SSSR count). The zero-order chi connectivity index (χ0) is 18.2. The van der Waals surface area contributed by atoms with Gasteiger partial charge < -0.3 is 4.74 Å². The fraction of sp³-hybridized carbons (Fsp3) is 0.800. The standard InChI is InChI=1S/C7H14O2S.C5H9NS.C3H5NS/c1-5-9-6(8)7(2,3)10-4;1-5(2,4-6)7-3;1-5-3-2-4/h5H2,1-4H3;1-3H3;3H2,1H3. The number of hydrogen-bond donors (Lipinski definition) is 0. The van der Waals surface area contributed by atoms with E-state index in [2.05, 4.69) is 6.07 Å². The molecule has 7 heteroatoms. The molecule has 0 spiro atoms. The Morgan fingerprint density at radius 1 is 1.09 bits per heavy atom. The largest absolute Gasteiger partial charge is 0.465 e. The molecule has 0 aromatic carbocycles. The lowest BCUT2D eigenvalue weighted by Gasteiger charge is -2.18. The van der Waals surface area contributed by atoms with Gasteiger partial charge in [0.1, 0.15) is 4.75 Å². The quantitative estimate of drug-likeness (QED) is 0.676. The van der Waals surface area contributed by atoms with E-state index in [1.54, 1.807) is 23.5 Å². The Morgan fingerprint density at radius 2 is 1.59 bits per heavy atom. The number of rotatable bonds is 5. The van der Waals surface area contributed by atoms with Crippen LogP contribution in [-0.2, 0) is 9.53 Å². The van der Waals surface area contributed by atoms with Crippen molar-refractivity contribution in [2.75, 3.05) is 31.1 Å². The first kappa shape index (κ1) is 26.4. The summed E-state index contributed by atoms with van der Waals surface area (Å²) in [6, 6.07) is 4.13. The second-order valence-electron chi connectivity index (χ2n) is 4.85. The summed E-state index contributed by atoms with van der Waals surface area (Å²) < 4.78 is 4.25. The average Bonchev–Trinajstić information content (AvgIpc) is 2.49. The van der Waals surface area contributed by atoms with Crippen LogP contribution in [0, 0.1) is 22.7 Å². The molecule has 0 radical (unpaired) electrons. The van der Waals surface area contributed by atoms with Crippen molar-refractivity contribution in [1.29, 1.82) is 10.5 Å². The van der Waals surface area contributed by atoms with Gasteiger partial charge in [0, 0.05) is 0 Å². The molecule has 22 heavy (non-hydrogen) atoms. The number of nitrogens with zero attached hydrogens (tertiary/aromatic N) is 2. The van der Waals surface area contributed by atoms with Gasteiger partial charge in [-0.1, -0.05) is 0 Å². The maximum Gasteiger partial charge on any atom is 0.321 e. The van der Waals surface area contributed by atoms with Crippen molar-refractivity contribution in [3.05, 3.63) is 0 Å². The predicted octanol–water partition coefficient (Wildman–Crippen LogP) is 4.22. The topological polar surface area (TPSA) is 73.9 Å². The van der Waals surface area contributed by atoms with Crippen LogP contribution >= 0.6 is 35.3 Å².